The maximum absolute atomic E-state index is 13.2. The molecule has 7 heteroatoms. The molecule has 1 aromatic heterocycles. The lowest BCUT2D eigenvalue weighted by Gasteiger charge is -2.42. The maximum Gasteiger partial charge on any atom is 0.272 e. The van der Waals surface area contributed by atoms with Crippen LogP contribution in [0.5, 0.6) is 11.5 Å². The monoisotopic (exact) mass is 460 g/mol. The fraction of sp³-hybridized carbons (Fsp3) is 0.407. The van der Waals surface area contributed by atoms with Crippen molar-refractivity contribution in [2.75, 3.05) is 31.6 Å². The first-order valence-electron chi connectivity index (χ1n) is 12.1. The Morgan fingerprint density at radius 1 is 1.06 bits per heavy atom. The number of aromatic amines is 1. The minimum absolute atomic E-state index is 0.00179. The second kappa shape index (κ2) is 10.2. The van der Waals surface area contributed by atoms with Crippen LogP contribution in [-0.4, -0.2) is 59.9 Å². The van der Waals surface area contributed by atoms with Crippen LogP contribution in [0.1, 0.15) is 41.7 Å². The van der Waals surface area contributed by atoms with Gasteiger partial charge < -0.3 is 19.3 Å². The highest BCUT2D eigenvalue weighted by molar-refractivity contribution is 5.92. The number of amides is 1. The van der Waals surface area contributed by atoms with Gasteiger partial charge in [0.05, 0.1) is 19.3 Å². The molecule has 2 heterocycles. The molecule has 1 aliphatic heterocycles. The lowest BCUT2D eigenvalue weighted by molar-refractivity contribution is 0.0650. The summed E-state index contributed by atoms with van der Waals surface area (Å²) in [4.78, 5) is 17.6. The van der Waals surface area contributed by atoms with Crippen molar-refractivity contribution in [1.82, 2.24) is 15.1 Å². The molecule has 3 aromatic rings. The molecule has 1 N–H and O–H groups in total. The van der Waals surface area contributed by atoms with Crippen molar-refractivity contribution in [3.63, 3.8) is 0 Å². The molecular weight excluding hydrogens is 428 g/mol. The Morgan fingerprint density at radius 2 is 1.88 bits per heavy atom. The second-order valence-corrected chi connectivity index (χ2v) is 9.12. The molecular formula is C27H32N4O3. The predicted octanol–water partition coefficient (Wildman–Crippen LogP) is 4.31. The number of nitrogens with one attached hydrogen (secondary N) is 1. The van der Waals surface area contributed by atoms with E-state index in [0.717, 1.165) is 49.5 Å². The fourth-order valence-corrected chi connectivity index (χ4v) is 5.09. The molecule has 1 aliphatic carbocycles. The molecule has 2 aromatic carbocycles. The standard InChI is InChI=1S/C27H32N4O3/c1-33-25-12-11-21(18-26(25)34-23-9-5-6-10-23)30-15-16-31(27(32)24-13-14-28-29-24)22(19-30)17-20-7-3-2-4-8-20/h2-4,7-8,11-14,18,22-23H,5-6,9-10,15-17,19H2,1H3,(H,28,29). The van der Waals surface area contributed by atoms with Crippen LogP contribution < -0.4 is 14.4 Å². The van der Waals surface area contributed by atoms with E-state index in [1.807, 2.05) is 29.2 Å². The first-order valence-corrected chi connectivity index (χ1v) is 12.1. The fourth-order valence-electron chi connectivity index (χ4n) is 5.09. The van der Waals surface area contributed by atoms with Gasteiger partial charge in [0.25, 0.3) is 5.91 Å². The van der Waals surface area contributed by atoms with Gasteiger partial charge in [-0.05, 0) is 55.9 Å². The molecule has 1 unspecified atom stereocenters. The van der Waals surface area contributed by atoms with E-state index in [1.54, 1.807) is 19.4 Å². The van der Waals surface area contributed by atoms with Crippen LogP contribution in [0.2, 0.25) is 0 Å². The van der Waals surface area contributed by atoms with Crippen molar-refractivity contribution in [1.29, 1.82) is 0 Å². The molecule has 0 radical (unpaired) electrons. The molecule has 0 spiro atoms. The number of ether oxygens (including phenoxy) is 2. The van der Waals surface area contributed by atoms with Crippen molar-refractivity contribution in [2.24, 2.45) is 0 Å². The number of hydrogen-bond donors (Lipinski definition) is 1. The topological polar surface area (TPSA) is 70.7 Å². The van der Waals surface area contributed by atoms with Crippen LogP contribution in [0.15, 0.2) is 60.8 Å². The lowest BCUT2D eigenvalue weighted by atomic mass is 10.0. The maximum atomic E-state index is 13.2. The summed E-state index contributed by atoms with van der Waals surface area (Å²) in [5.41, 5.74) is 2.85. The molecule has 1 atom stereocenters. The second-order valence-electron chi connectivity index (χ2n) is 9.12. The highest BCUT2D eigenvalue weighted by atomic mass is 16.5. The summed E-state index contributed by atoms with van der Waals surface area (Å²) in [5, 5.41) is 6.80. The van der Waals surface area contributed by atoms with E-state index >= 15 is 0 Å². The lowest BCUT2D eigenvalue weighted by Crippen LogP contribution is -2.56. The van der Waals surface area contributed by atoms with Crippen LogP contribution >= 0.6 is 0 Å². The van der Waals surface area contributed by atoms with Gasteiger partial charge in [-0.15, -0.1) is 0 Å². The van der Waals surface area contributed by atoms with Crippen molar-refractivity contribution in [2.45, 2.75) is 44.2 Å². The smallest absolute Gasteiger partial charge is 0.272 e. The van der Waals surface area contributed by atoms with Crippen molar-refractivity contribution < 1.29 is 14.3 Å². The minimum Gasteiger partial charge on any atom is -0.493 e. The molecule has 1 amide bonds. The average molecular weight is 461 g/mol. The quantitative estimate of drug-likeness (QED) is 0.569. The molecule has 34 heavy (non-hydrogen) atoms. The number of anilines is 1. The zero-order valence-corrected chi connectivity index (χ0v) is 19.7. The molecule has 2 aliphatic rings. The van der Waals surface area contributed by atoms with Crippen molar-refractivity contribution in [3.05, 3.63) is 72.1 Å². The van der Waals surface area contributed by atoms with Gasteiger partial charge in [-0.3, -0.25) is 9.89 Å². The molecule has 1 saturated heterocycles. The number of rotatable bonds is 7. The largest absolute Gasteiger partial charge is 0.493 e. The third-order valence-electron chi connectivity index (χ3n) is 6.90. The summed E-state index contributed by atoms with van der Waals surface area (Å²) in [5.74, 6) is 1.57. The molecule has 178 valence electrons. The van der Waals surface area contributed by atoms with Gasteiger partial charge in [0, 0.05) is 37.6 Å². The van der Waals surface area contributed by atoms with Crippen LogP contribution in [0.25, 0.3) is 0 Å². The Kier molecular flexibility index (Phi) is 6.70. The summed E-state index contributed by atoms with van der Waals surface area (Å²) in [7, 11) is 1.69. The molecule has 0 bridgehead atoms. The number of methoxy groups -OCH3 is 1. The van der Waals surface area contributed by atoms with E-state index in [9.17, 15) is 4.79 Å². The van der Waals surface area contributed by atoms with Crippen LogP contribution in [0.3, 0.4) is 0 Å². The van der Waals surface area contributed by atoms with Gasteiger partial charge >= 0.3 is 0 Å². The number of benzene rings is 2. The van der Waals surface area contributed by atoms with Crippen LogP contribution in [-0.2, 0) is 6.42 Å². The predicted molar refractivity (Wildman–Crippen MR) is 132 cm³/mol. The van der Waals surface area contributed by atoms with E-state index in [0.29, 0.717) is 12.2 Å². The molecule has 1 saturated carbocycles. The summed E-state index contributed by atoms with van der Waals surface area (Å²) in [6.07, 6.45) is 7.32. The van der Waals surface area contributed by atoms with Gasteiger partial charge in [-0.2, -0.15) is 5.10 Å². The Bertz CT molecular complexity index is 1080. The number of piperazine rings is 1. The average Bonchev–Trinajstić information content (AvgIpc) is 3.59. The summed E-state index contributed by atoms with van der Waals surface area (Å²) in [6.45, 7) is 2.13. The van der Waals surface area contributed by atoms with Gasteiger partial charge in [0.2, 0.25) is 0 Å². The van der Waals surface area contributed by atoms with Gasteiger partial charge in [-0.25, -0.2) is 0 Å². The van der Waals surface area contributed by atoms with E-state index in [4.69, 9.17) is 9.47 Å². The Labute approximate surface area is 200 Å². The van der Waals surface area contributed by atoms with Crippen molar-refractivity contribution >= 4 is 11.6 Å². The SMILES string of the molecule is COc1ccc(N2CCN(C(=O)c3ccn[nH]3)C(Cc3ccccc3)C2)cc1OC1CCCC1. The highest BCUT2D eigenvalue weighted by Crippen LogP contribution is 2.36. The van der Waals surface area contributed by atoms with Gasteiger partial charge in [0.15, 0.2) is 11.5 Å². The van der Waals surface area contributed by atoms with E-state index in [-0.39, 0.29) is 18.1 Å². The molecule has 5 rings (SSSR count). The van der Waals surface area contributed by atoms with E-state index < -0.39 is 0 Å². The first-order chi connectivity index (χ1) is 16.7. The number of nitrogens with zero attached hydrogens (tertiary/aromatic N) is 3. The Hall–Kier alpha value is -3.48. The Balaban J connectivity index is 1.38. The number of H-pyrrole nitrogens is 1. The zero-order chi connectivity index (χ0) is 23.3. The van der Waals surface area contributed by atoms with Gasteiger partial charge in [-0.1, -0.05) is 30.3 Å². The third-order valence-corrected chi connectivity index (χ3v) is 6.90. The number of carbonyl (C=O) groups is 1. The Morgan fingerprint density at radius 3 is 2.62 bits per heavy atom. The van der Waals surface area contributed by atoms with Crippen LogP contribution in [0.4, 0.5) is 5.69 Å². The highest BCUT2D eigenvalue weighted by Gasteiger charge is 2.32. The van der Waals surface area contributed by atoms with Crippen molar-refractivity contribution in [3.8, 4) is 11.5 Å². The summed E-state index contributed by atoms with van der Waals surface area (Å²) < 4.78 is 11.9. The molecule has 2 fully saturated rings. The summed E-state index contributed by atoms with van der Waals surface area (Å²) >= 11 is 0. The minimum atomic E-state index is -0.00179. The van der Waals surface area contributed by atoms with E-state index in [2.05, 4.69) is 39.4 Å². The third kappa shape index (κ3) is 4.88. The first kappa shape index (κ1) is 22.3. The van der Waals surface area contributed by atoms with E-state index in [1.165, 1.54) is 18.4 Å². The summed E-state index contributed by atoms with van der Waals surface area (Å²) in [6, 6.07) is 18.3. The number of hydrogen-bond acceptors (Lipinski definition) is 5. The van der Waals surface area contributed by atoms with Crippen LogP contribution in [0, 0.1) is 0 Å². The van der Waals surface area contributed by atoms with Gasteiger partial charge in [0.1, 0.15) is 5.69 Å². The number of aromatic nitrogens is 2. The zero-order valence-electron chi connectivity index (χ0n) is 19.7. The number of carbonyl (C=O) groups excluding carboxylic acids is 1. The molecule has 7 nitrogen and oxygen atoms in total. The normalized spacial score (nSPS) is 18.8.